The first kappa shape index (κ1) is 36.4. The van der Waals surface area contributed by atoms with Crippen molar-refractivity contribution in [3.63, 3.8) is 0 Å². The van der Waals surface area contributed by atoms with Crippen LogP contribution in [0.25, 0.3) is 0 Å². The minimum absolute atomic E-state index is 0.0208. The number of anilines is 1. The van der Waals surface area contributed by atoms with Gasteiger partial charge in [-0.3, -0.25) is 14.4 Å². The van der Waals surface area contributed by atoms with Crippen LogP contribution in [0.3, 0.4) is 0 Å². The van der Waals surface area contributed by atoms with Crippen LogP contribution >= 0.6 is 0 Å². The number of benzene rings is 1. The molecule has 0 aromatic heterocycles. The molecule has 1 aliphatic carbocycles. The summed E-state index contributed by atoms with van der Waals surface area (Å²) in [4.78, 5) is 57.7. The zero-order chi connectivity index (χ0) is 34.8. The monoisotopic (exact) mass is 663 g/mol. The number of halogens is 2. The van der Waals surface area contributed by atoms with E-state index >= 15 is 0 Å². The van der Waals surface area contributed by atoms with Gasteiger partial charge in [0, 0.05) is 43.3 Å². The first-order chi connectivity index (χ1) is 21.9. The van der Waals surface area contributed by atoms with E-state index in [-0.39, 0.29) is 37.1 Å². The summed E-state index contributed by atoms with van der Waals surface area (Å²) >= 11 is 0. The Kier molecular flexibility index (Phi) is 11.1. The lowest BCUT2D eigenvalue weighted by atomic mass is 9.93. The van der Waals surface area contributed by atoms with Gasteiger partial charge in [-0.2, -0.15) is 8.78 Å². The zero-order valence-electron chi connectivity index (χ0n) is 29.0. The maximum atomic E-state index is 14.4. The van der Waals surface area contributed by atoms with Gasteiger partial charge in [-0.25, -0.2) is 4.79 Å². The van der Waals surface area contributed by atoms with E-state index < -0.39 is 35.5 Å². The fourth-order valence-corrected chi connectivity index (χ4v) is 6.32. The molecule has 0 unspecified atom stereocenters. The highest BCUT2D eigenvalue weighted by atomic mass is 19.3. The van der Waals surface area contributed by atoms with E-state index in [9.17, 15) is 28.0 Å². The standard InChI is InChI=1S/C34H51F2N5O6/c1-20(2)41(24-12-11-23(13-14-37-22-9-10-22)40(19-24)32(45)47-33(4,5)6)30(43)25-18-26-27(17-21(25)3)46-34(7,8)31(44)39(26)16-15-38-29(42)28(35)36/h17-18,20,22-24,28,37H,9-16,19H2,1-8H3,(H,38,42)/t23-,24-/m1/s1. The fourth-order valence-electron chi connectivity index (χ4n) is 6.32. The number of aryl methyl sites for hydroxylation is 1. The van der Waals surface area contributed by atoms with Crippen LogP contribution in [0.4, 0.5) is 19.3 Å². The molecule has 0 spiro atoms. The smallest absolute Gasteiger partial charge is 0.410 e. The molecule has 0 bridgehead atoms. The van der Waals surface area contributed by atoms with E-state index in [1.165, 1.54) is 17.7 Å². The Hall–Kier alpha value is -3.48. The number of carbonyl (C=O) groups excluding carboxylic acids is 4. The molecule has 2 aliphatic heterocycles. The first-order valence-electron chi connectivity index (χ1n) is 16.7. The number of hydrogen-bond donors (Lipinski definition) is 2. The molecule has 2 atom stereocenters. The third-order valence-electron chi connectivity index (χ3n) is 8.77. The van der Waals surface area contributed by atoms with Gasteiger partial charge in [0.05, 0.1) is 11.7 Å². The van der Waals surface area contributed by atoms with Crippen LogP contribution in [-0.2, 0) is 14.3 Å². The topological polar surface area (TPSA) is 121 Å². The molecular weight excluding hydrogens is 612 g/mol. The number of nitrogens with one attached hydrogen (secondary N) is 2. The second-order valence-corrected chi connectivity index (χ2v) is 14.6. The average Bonchev–Trinajstić information content (AvgIpc) is 3.78. The Balaban J connectivity index is 1.60. The molecule has 3 aliphatic rings. The number of carbonyl (C=O) groups is 4. The van der Waals surface area contributed by atoms with Crippen LogP contribution in [0, 0.1) is 6.92 Å². The number of fused-ring (bicyclic) bond motifs is 1. The van der Waals surface area contributed by atoms with Crippen molar-refractivity contribution < 1.29 is 37.4 Å². The van der Waals surface area contributed by atoms with Crippen LogP contribution in [0.5, 0.6) is 5.75 Å². The van der Waals surface area contributed by atoms with E-state index in [0.717, 1.165) is 13.0 Å². The van der Waals surface area contributed by atoms with Crippen LogP contribution in [0.15, 0.2) is 12.1 Å². The van der Waals surface area contributed by atoms with E-state index in [4.69, 9.17) is 9.47 Å². The lowest BCUT2D eigenvalue weighted by Gasteiger charge is -2.45. The predicted molar refractivity (Wildman–Crippen MR) is 174 cm³/mol. The van der Waals surface area contributed by atoms with E-state index in [0.29, 0.717) is 48.0 Å². The second kappa shape index (κ2) is 14.3. The van der Waals surface area contributed by atoms with Gasteiger partial charge in [0.25, 0.3) is 17.7 Å². The minimum atomic E-state index is -3.17. The van der Waals surface area contributed by atoms with Crippen molar-refractivity contribution in [1.82, 2.24) is 20.4 Å². The summed E-state index contributed by atoms with van der Waals surface area (Å²) in [5, 5.41) is 5.67. The SMILES string of the molecule is Cc1cc2c(cc1C(=O)N(C(C)C)[C@@H]1CC[C@H](CCNC3CC3)N(C(=O)OC(C)(C)C)C1)N(CCNC(=O)C(F)F)C(=O)C(C)(C)O2. The zero-order valence-corrected chi connectivity index (χ0v) is 29.0. The Bertz CT molecular complexity index is 1340. The highest BCUT2D eigenvalue weighted by Gasteiger charge is 2.43. The first-order valence-corrected chi connectivity index (χ1v) is 16.7. The number of hydrogen-bond acceptors (Lipinski definition) is 7. The third-order valence-corrected chi connectivity index (χ3v) is 8.77. The van der Waals surface area contributed by atoms with Crippen molar-refractivity contribution in [3.05, 3.63) is 23.3 Å². The fraction of sp³-hybridized carbons (Fsp3) is 0.706. The number of alkyl halides is 2. The quantitative estimate of drug-likeness (QED) is 0.354. The summed E-state index contributed by atoms with van der Waals surface area (Å²) < 4.78 is 37.4. The number of nitrogens with zero attached hydrogens (tertiary/aromatic N) is 3. The normalized spacial score (nSPS) is 21.0. The van der Waals surface area contributed by atoms with Crippen LogP contribution < -0.4 is 20.3 Å². The van der Waals surface area contributed by atoms with Gasteiger partial charge in [-0.1, -0.05) is 0 Å². The van der Waals surface area contributed by atoms with E-state index in [1.54, 1.807) is 42.7 Å². The molecule has 13 heteroatoms. The summed E-state index contributed by atoms with van der Waals surface area (Å²) in [6.07, 6.45) is 1.00. The molecule has 1 saturated carbocycles. The van der Waals surface area contributed by atoms with Gasteiger partial charge in [0.15, 0.2) is 5.60 Å². The molecule has 0 radical (unpaired) electrons. The second-order valence-electron chi connectivity index (χ2n) is 14.6. The molecule has 47 heavy (non-hydrogen) atoms. The van der Waals surface area contributed by atoms with Crippen molar-refractivity contribution in [2.45, 2.75) is 129 Å². The number of ether oxygens (including phenoxy) is 2. The Morgan fingerprint density at radius 2 is 1.79 bits per heavy atom. The molecular formula is C34H51F2N5O6. The molecule has 4 rings (SSSR count). The van der Waals surface area contributed by atoms with Crippen molar-refractivity contribution in [2.75, 3.05) is 31.1 Å². The van der Waals surface area contributed by atoms with Gasteiger partial charge >= 0.3 is 12.5 Å². The molecule has 2 heterocycles. The Morgan fingerprint density at radius 3 is 2.38 bits per heavy atom. The van der Waals surface area contributed by atoms with Gasteiger partial charge < -0.3 is 34.8 Å². The van der Waals surface area contributed by atoms with Crippen molar-refractivity contribution in [1.29, 1.82) is 0 Å². The summed E-state index contributed by atoms with van der Waals surface area (Å²) in [6.45, 7) is 15.2. The predicted octanol–water partition coefficient (Wildman–Crippen LogP) is 4.64. The molecule has 1 saturated heterocycles. The lowest BCUT2D eigenvalue weighted by molar-refractivity contribution is -0.133. The molecule has 4 amide bonds. The maximum Gasteiger partial charge on any atom is 0.410 e. The lowest BCUT2D eigenvalue weighted by Crippen LogP contribution is -2.58. The highest BCUT2D eigenvalue weighted by molar-refractivity contribution is 6.05. The van der Waals surface area contributed by atoms with Gasteiger partial charge in [-0.15, -0.1) is 0 Å². The summed E-state index contributed by atoms with van der Waals surface area (Å²) in [6, 6.07) is 3.36. The third kappa shape index (κ3) is 8.91. The van der Waals surface area contributed by atoms with Gasteiger partial charge in [0.2, 0.25) is 0 Å². The minimum Gasteiger partial charge on any atom is -0.476 e. The number of piperidine rings is 1. The largest absolute Gasteiger partial charge is 0.476 e. The van der Waals surface area contributed by atoms with E-state index in [2.05, 4.69) is 10.6 Å². The van der Waals surface area contributed by atoms with Crippen LogP contribution in [0.1, 0.15) is 96.5 Å². The van der Waals surface area contributed by atoms with E-state index in [1.807, 2.05) is 34.6 Å². The highest BCUT2D eigenvalue weighted by Crippen LogP contribution is 2.40. The molecule has 1 aromatic rings. The average molecular weight is 664 g/mol. The molecule has 262 valence electrons. The molecule has 11 nitrogen and oxygen atoms in total. The summed E-state index contributed by atoms with van der Waals surface area (Å²) in [7, 11) is 0. The maximum absolute atomic E-state index is 14.4. The Labute approximate surface area is 276 Å². The van der Waals surface area contributed by atoms with Crippen LogP contribution in [0.2, 0.25) is 0 Å². The van der Waals surface area contributed by atoms with Gasteiger partial charge in [0.1, 0.15) is 11.4 Å². The van der Waals surface area contributed by atoms with Gasteiger partial charge in [-0.05, 0) is 112 Å². The van der Waals surface area contributed by atoms with Crippen molar-refractivity contribution in [3.8, 4) is 5.75 Å². The number of amides is 4. The molecule has 2 N–H and O–H groups in total. The molecule has 2 fully saturated rings. The number of likely N-dealkylation sites (tertiary alicyclic amines) is 1. The summed E-state index contributed by atoms with van der Waals surface area (Å²) in [5.41, 5.74) is -0.606. The number of rotatable bonds is 11. The molecule has 1 aromatic carbocycles. The summed E-state index contributed by atoms with van der Waals surface area (Å²) in [5.74, 6) is -1.74. The van der Waals surface area contributed by atoms with Crippen LogP contribution in [-0.4, -0.2) is 102 Å². The Morgan fingerprint density at radius 1 is 1.11 bits per heavy atom. The van der Waals surface area contributed by atoms with Crippen molar-refractivity contribution in [2.24, 2.45) is 0 Å². The van der Waals surface area contributed by atoms with Crippen molar-refractivity contribution >= 4 is 29.5 Å².